The van der Waals surface area contributed by atoms with Crippen molar-refractivity contribution < 1.29 is 14.3 Å². The van der Waals surface area contributed by atoms with E-state index in [4.69, 9.17) is 4.74 Å². The van der Waals surface area contributed by atoms with Gasteiger partial charge in [0.25, 0.3) is 11.8 Å². The van der Waals surface area contributed by atoms with Gasteiger partial charge in [-0.05, 0) is 66.8 Å². The first-order valence-corrected chi connectivity index (χ1v) is 9.69. The van der Waals surface area contributed by atoms with Crippen LogP contribution >= 0.6 is 0 Å². The summed E-state index contributed by atoms with van der Waals surface area (Å²) < 4.78 is 5.65. The predicted molar refractivity (Wildman–Crippen MR) is 113 cm³/mol. The molecule has 0 bridgehead atoms. The SMILES string of the molecule is O=C(COc1ccccc1C(=O)Nc1ccccc1)Nc1ccc2c(c1)CCC2. The predicted octanol–water partition coefficient (Wildman–Crippen LogP) is 4.45. The van der Waals surface area contributed by atoms with Crippen LogP contribution in [-0.4, -0.2) is 18.4 Å². The molecule has 0 fully saturated rings. The van der Waals surface area contributed by atoms with Gasteiger partial charge in [0.05, 0.1) is 5.56 Å². The van der Waals surface area contributed by atoms with E-state index in [1.54, 1.807) is 24.3 Å². The number of aryl methyl sites for hydroxylation is 2. The first kappa shape index (κ1) is 18.7. The van der Waals surface area contributed by atoms with Crippen LogP contribution in [-0.2, 0) is 17.6 Å². The average Bonchev–Trinajstić information content (AvgIpc) is 3.21. The summed E-state index contributed by atoms with van der Waals surface area (Å²) in [4.78, 5) is 24.9. The summed E-state index contributed by atoms with van der Waals surface area (Å²) >= 11 is 0. The molecule has 146 valence electrons. The summed E-state index contributed by atoms with van der Waals surface area (Å²) in [6.45, 7) is -0.174. The molecule has 1 aliphatic carbocycles. The second-order valence-corrected chi connectivity index (χ2v) is 6.99. The summed E-state index contributed by atoms with van der Waals surface area (Å²) in [6.07, 6.45) is 3.33. The van der Waals surface area contributed by atoms with E-state index in [-0.39, 0.29) is 18.4 Å². The van der Waals surface area contributed by atoms with Crippen LogP contribution in [0.3, 0.4) is 0 Å². The van der Waals surface area contributed by atoms with Gasteiger partial charge in [-0.3, -0.25) is 9.59 Å². The average molecular weight is 386 g/mol. The van der Waals surface area contributed by atoms with Crippen molar-refractivity contribution in [2.45, 2.75) is 19.3 Å². The number of carbonyl (C=O) groups excluding carboxylic acids is 2. The summed E-state index contributed by atoms with van der Waals surface area (Å²) in [6, 6.07) is 22.1. The Morgan fingerprint density at radius 2 is 1.55 bits per heavy atom. The lowest BCUT2D eigenvalue weighted by Gasteiger charge is -2.12. The van der Waals surface area contributed by atoms with E-state index in [0.29, 0.717) is 17.0 Å². The van der Waals surface area contributed by atoms with Crippen LogP contribution in [0.15, 0.2) is 72.8 Å². The summed E-state index contributed by atoms with van der Waals surface area (Å²) in [5.74, 6) is -0.183. The molecule has 0 aliphatic heterocycles. The maximum Gasteiger partial charge on any atom is 0.262 e. The lowest BCUT2D eigenvalue weighted by molar-refractivity contribution is -0.118. The van der Waals surface area contributed by atoms with E-state index in [1.807, 2.05) is 42.5 Å². The Morgan fingerprint density at radius 3 is 2.41 bits per heavy atom. The number of hydrogen-bond acceptors (Lipinski definition) is 3. The highest BCUT2D eigenvalue weighted by atomic mass is 16.5. The Balaban J connectivity index is 1.38. The standard InChI is InChI=1S/C24H22N2O3/c27-23(25-20-14-13-17-7-6-8-18(17)15-20)16-29-22-12-5-4-11-21(22)24(28)26-19-9-2-1-3-10-19/h1-5,9-15H,6-8,16H2,(H,25,27)(H,26,28). The highest BCUT2D eigenvalue weighted by molar-refractivity contribution is 6.06. The zero-order valence-electron chi connectivity index (χ0n) is 16.0. The quantitative estimate of drug-likeness (QED) is 0.658. The number of ether oxygens (including phenoxy) is 1. The van der Waals surface area contributed by atoms with Gasteiger partial charge in [-0.1, -0.05) is 36.4 Å². The Morgan fingerprint density at radius 1 is 0.793 bits per heavy atom. The van der Waals surface area contributed by atoms with Crippen molar-refractivity contribution in [1.29, 1.82) is 0 Å². The van der Waals surface area contributed by atoms with Crippen LogP contribution in [0.4, 0.5) is 11.4 Å². The summed E-state index contributed by atoms with van der Waals surface area (Å²) in [5, 5.41) is 5.70. The number of para-hydroxylation sites is 2. The molecule has 3 aromatic rings. The molecule has 0 spiro atoms. The fourth-order valence-corrected chi connectivity index (χ4v) is 3.49. The number of fused-ring (bicyclic) bond motifs is 1. The van der Waals surface area contributed by atoms with E-state index in [2.05, 4.69) is 16.7 Å². The van der Waals surface area contributed by atoms with Gasteiger partial charge >= 0.3 is 0 Å². The minimum Gasteiger partial charge on any atom is -0.483 e. The number of rotatable bonds is 6. The molecule has 0 saturated carbocycles. The Bertz CT molecular complexity index is 1030. The maximum atomic E-state index is 12.6. The van der Waals surface area contributed by atoms with Crippen molar-refractivity contribution in [3.63, 3.8) is 0 Å². The van der Waals surface area contributed by atoms with Gasteiger partial charge in [0.2, 0.25) is 0 Å². The zero-order valence-corrected chi connectivity index (χ0v) is 16.0. The molecule has 4 rings (SSSR count). The number of anilines is 2. The normalized spacial score (nSPS) is 12.1. The fraction of sp³-hybridized carbons (Fsp3) is 0.167. The number of amides is 2. The molecule has 0 saturated heterocycles. The van der Waals surface area contributed by atoms with Gasteiger partial charge in [0.15, 0.2) is 6.61 Å². The lowest BCUT2D eigenvalue weighted by Crippen LogP contribution is -2.21. The van der Waals surface area contributed by atoms with Crippen LogP contribution < -0.4 is 15.4 Å². The third-order valence-corrected chi connectivity index (χ3v) is 4.90. The molecule has 0 unspecified atom stereocenters. The maximum absolute atomic E-state index is 12.6. The van der Waals surface area contributed by atoms with Crippen LogP contribution in [0.5, 0.6) is 5.75 Å². The van der Waals surface area contributed by atoms with E-state index in [1.165, 1.54) is 11.1 Å². The third-order valence-electron chi connectivity index (χ3n) is 4.90. The van der Waals surface area contributed by atoms with E-state index in [0.717, 1.165) is 24.9 Å². The Labute approximate surface area is 169 Å². The summed E-state index contributed by atoms with van der Waals surface area (Å²) in [7, 11) is 0. The Kier molecular flexibility index (Phi) is 5.56. The minimum absolute atomic E-state index is 0.174. The number of benzene rings is 3. The lowest BCUT2D eigenvalue weighted by atomic mass is 10.1. The van der Waals surface area contributed by atoms with Crippen molar-refractivity contribution in [2.24, 2.45) is 0 Å². The molecule has 5 heteroatoms. The van der Waals surface area contributed by atoms with Gasteiger partial charge < -0.3 is 15.4 Å². The van der Waals surface area contributed by atoms with E-state index >= 15 is 0 Å². The Hall–Kier alpha value is -3.60. The van der Waals surface area contributed by atoms with Gasteiger partial charge in [-0.15, -0.1) is 0 Å². The van der Waals surface area contributed by atoms with Crippen LogP contribution in [0, 0.1) is 0 Å². The van der Waals surface area contributed by atoms with Crippen LogP contribution in [0.2, 0.25) is 0 Å². The molecule has 0 radical (unpaired) electrons. The molecule has 29 heavy (non-hydrogen) atoms. The number of carbonyl (C=O) groups is 2. The largest absolute Gasteiger partial charge is 0.483 e. The highest BCUT2D eigenvalue weighted by Gasteiger charge is 2.15. The minimum atomic E-state index is -0.286. The second kappa shape index (κ2) is 8.61. The van der Waals surface area contributed by atoms with Gasteiger partial charge in [0.1, 0.15) is 5.75 Å². The molecule has 2 N–H and O–H groups in total. The monoisotopic (exact) mass is 386 g/mol. The van der Waals surface area contributed by atoms with Crippen LogP contribution in [0.1, 0.15) is 27.9 Å². The van der Waals surface area contributed by atoms with Gasteiger partial charge in [-0.25, -0.2) is 0 Å². The molecule has 0 atom stereocenters. The molecule has 0 aromatic heterocycles. The smallest absolute Gasteiger partial charge is 0.262 e. The topological polar surface area (TPSA) is 67.4 Å². The summed E-state index contributed by atoms with van der Waals surface area (Å²) in [5.41, 5.74) is 4.50. The number of hydrogen-bond donors (Lipinski definition) is 2. The fourth-order valence-electron chi connectivity index (χ4n) is 3.49. The molecule has 1 aliphatic rings. The van der Waals surface area contributed by atoms with E-state index in [9.17, 15) is 9.59 Å². The third kappa shape index (κ3) is 4.63. The molecule has 5 nitrogen and oxygen atoms in total. The van der Waals surface area contributed by atoms with Crippen molar-refractivity contribution in [3.8, 4) is 5.75 Å². The van der Waals surface area contributed by atoms with Gasteiger partial charge in [0, 0.05) is 11.4 Å². The van der Waals surface area contributed by atoms with Crippen molar-refractivity contribution in [3.05, 3.63) is 89.5 Å². The first-order valence-electron chi connectivity index (χ1n) is 9.69. The molecular formula is C24H22N2O3. The number of nitrogens with one attached hydrogen (secondary N) is 2. The molecule has 3 aromatic carbocycles. The second-order valence-electron chi connectivity index (χ2n) is 6.99. The van der Waals surface area contributed by atoms with Gasteiger partial charge in [-0.2, -0.15) is 0 Å². The van der Waals surface area contributed by atoms with E-state index < -0.39 is 0 Å². The first-order chi connectivity index (χ1) is 14.2. The molecule has 2 amide bonds. The van der Waals surface area contributed by atoms with Crippen molar-refractivity contribution in [1.82, 2.24) is 0 Å². The zero-order chi connectivity index (χ0) is 20.1. The van der Waals surface area contributed by atoms with Crippen LogP contribution in [0.25, 0.3) is 0 Å². The van der Waals surface area contributed by atoms with Crippen molar-refractivity contribution >= 4 is 23.2 Å². The highest BCUT2D eigenvalue weighted by Crippen LogP contribution is 2.25. The molecule has 0 heterocycles. The molecular weight excluding hydrogens is 364 g/mol. The van der Waals surface area contributed by atoms with Crippen molar-refractivity contribution in [2.75, 3.05) is 17.2 Å².